The lowest BCUT2D eigenvalue weighted by Gasteiger charge is -2.28. The van der Waals surface area contributed by atoms with E-state index in [4.69, 9.17) is 52.8 Å². The molecule has 0 amide bonds. The van der Waals surface area contributed by atoms with Gasteiger partial charge in [-0.05, 0) is 95.9 Å². The quantitative estimate of drug-likeness (QED) is 0.0293. The number of benzene rings is 4. The third-order valence-electron chi connectivity index (χ3n) is 11.8. The summed E-state index contributed by atoms with van der Waals surface area (Å²) in [7, 11) is 6.40. The molecule has 0 saturated heterocycles. The molecule has 73 heavy (non-hydrogen) atoms. The molecule has 0 fully saturated rings. The third kappa shape index (κ3) is 22.8. The molecule has 0 N–H and O–H groups in total. The maximum atomic E-state index is 6.09. The second-order valence-electron chi connectivity index (χ2n) is 18.2. The highest BCUT2D eigenvalue weighted by Gasteiger charge is 2.22. The number of rotatable bonds is 33. The lowest BCUT2D eigenvalue weighted by atomic mass is 9.85. The average Bonchev–Trinajstić information content (AvgIpc) is 3.41. The molecule has 4 aromatic carbocycles. The van der Waals surface area contributed by atoms with E-state index in [0.717, 1.165) is 37.2 Å². The summed E-state index contributed by atoms with van der Waals surface area (Å²) in [5, 5.41) is 0. The molecule has 0 radical (unpaired) electrons. The van der Waals surface area contributed by atoms with Gasteiger partial charge >= 0.3 is 0 Å². The fourth-order valence-electron chi connectivity index (χ4n) is 8.07. The van der Waals surface area contributed by atoms with Crippen molar-refractivity contribution in [1.29, 1.82) is 0 Å². The van der Waals surface area contributed by atoms with Crippen LogP contribution in [0, 0.1) is 0 Å². The van der Waals surface area contributed by atoms with Crippen molar-refractivity contribution in [2.24, 2.45) is 0 Å². The first-order chi connectivity index (χ1) is 35.6. The Labute approximate surface area is 439 Å². The number of aromatic nitrogens is 3. The maximum absolute atomic E-state index is 6.09. The van der Waals surface area contributed by atoms with Crippen LogP contribution in [-0.2, 0) is 28.4 Å². The van der Waals surface area contributed by atoms with Crippen LogP contribution in [0.3, 0.4) is 0 Å². The van der Waals surface area contributed by atoms with Gasteiger partial charge in [-0.15, -0.1) is 0 Å². The van der Waals surface area contributed by atoms with Crippen LogP contribution in [0.5, 0.6) is 11.5 Å². The molecule has 0 saturated carbocycles. The van der Waals surface area contributed by atoms with Crippen LogP contribution in [0.2, 0.25) is 0 Å². The molecule has 0 bridgehead atoms. The number of methoxy groups -OCH3 is 4. The predicted octanol–water partition coefficient (Wildman–Crippen LogP) is 13.0. The van der Waals surface area contributed by atoms with Crippen molar-refractivity contribution in [2.75, 3.05) is 110 Å². The van der Waals surface area contributed by atoms with E-state index in [-0.39, 0.29) is 40.4 Å². The van der Waals surface area contributed by atoms with Crippen LogP contribution < -0.4 is 24.2 Å². The summed E-state index contributed by atoms with van der Waals surface area (Å²) >= 11 is 0. The highest BCUT2D eigenvalue weighted by molar-refractivity contribution is 5.46. The van der Waals surface area contributed by atoms with Crippen LogP contribution in [0.15, 0.2) is 109 Å². The Kier molecular flexibility index (Phi) is 31.7. The largest absolute Gasteiger partial charge is 0.491 e. The van der Waals surface area contributed by atoms with Gasteiger partial charge in [-0.25, -0.2) is 0 Å². The van der Waals surface area contributed by atoms with Crippen molar-refractivity contribution in [3.05, 3.63) is 131 Å². The third-order valence-corrected chi connectivity index (χ3v) is 11.8. The minimum absolute atomic E-state index is 0.121. The van der Waals surface area contributed by atoms with E-state index in [0.29, 0.717) is 67.9 Å². The van der Waals surface area contributed by atoms with E-state index in [2.05, 4.69) is 140 Å². The summed E-state index contributed by atoms with van der Waals surface area (Å²) in [6, 6.07) is 38.3. The van der Waals surface area contributed by atoms with Gasteiger partial charge in [0.2, 0.25) is 17.8 Å². The van der Waals surface area contributed by atoms with Crippen LogP contribution in [0.25, 0.3) is 0 Å². The molecule has 14 nitrogen and oxygen atoms in total. The van der Waals surface area contributed by atoms with Crippen LogP contribution in [0.1, 0.15) is 140 Å². The van der Waals surface area contributed by atoms with Gasteiger partial charge < -0.3 is 37.9 Å². The number of hydrogen-bond donors (Lipinski definition) is 0. The van der Waals surface area contributed by atoms with Crippen molar-refractivity contribution in [1.82, 2.24) is 15.0 Å². The molecule has 0 aliphatic heterocycles. The van der Waals surface area contributed by atoms with Crippen LogP contribution >= 0.6 is 0 Å². The van der Waals surface area contributed by atoms with E-state index >= 15 is 0 Å². The minimum atomic E-state index is 0.121. The van der Waals surface area contributed by atoms with Gasteiger partial charge in [-0.2, -0.15) is 15.0 Å². The smallest absolute Gasteiger partial charge is 0.235 e. The Balaban J connectivity index is 0.00000223. The summed E-state index contributed by atoms with van der Waals surface area (Å²) in [5.74, 6) is 4.42. The Bertz CT molecular complexity index is 1960. The fraction of sp³-hybridized carbons (Fsp3) is 0.542. The molecular weight excluding hydrogens is 921 g/mol. The van der Waals surface area contributed by atoms with Crippen molar-refractivity contribution in [2.45, 2.75) is 118 Å². The van der Waals surface area contributed by atoms with Crippen molar-refractivity contribution < 1.29 is 37.9 Å². The van der Waals surface area contributed by atoms with Gasteiger partial charge in [0.1, 0.15) is 65.1 Å². The average molecular weight is 1010 g/mol. The lowest BCUT2D eigenvalue weighted by Crippen LogP contribution is -2.36. The first kappa shape index (κ1) is 61.9. The molecule has 14 heteroatoms. The second kappa shape index (κ2) is 37.4. The van der Waals surface area contributed by atoms with Gasteiger partial charge in [0, 0.05) is 28.4 Å². The number of hydrogen-bond acceptors (Lipinski definition) is 14. The fourth-order valence-corrected chi connectivity index (χ4v) is 8.07. The van der Waals surface area contributed by atoms with E-state index in [1.807, 2.05) is 24.3 Å². The summed E-state index contributed by atoms with van der Waals surface area (Å²) in [6.45, 7) is 19.8. The molecule has 1 aromatic heterocycles. The van der Waals surface area contributed by atoms with E-state index < -0.39 is 0 Å². The van der Waals surface area contributed by atoms with Gasteiger partial charge in [0.25, 0.3) is 0 Å². The maximum Gasteiger partial charge on any atom is 0.235 e. The Morgan fingerprint density at radius 3 is 0.973 bits per heavy atom. The Morgan fingerprint density at radius 2 is 0.685 bits per heavy atom. The van der Waals surface area contributed by atoms with E-state index in [9.17, 15) is 0 Å². The zero-order chi connectivity index (χ0) is 53.1. The summed E-state index contributed by atoms with van der Waals surface area (Å²) in [5.41, 5.74) is 5.39. The molecule has 4 unspecified atom stereocenters. The number of nitrogens with zero attached hydrogens (tertiary/aromatic N) is 6. The standard InChI is InChI=1S/C53H74N6O8.2C3H8/c1-9-43(47-17-13-11-14-18-47)33-41(3)45-21-25-49(26-22-45)66-31-29-64-39-58(37-62-7)52-54-51(57(35-60-5)36-61-6)55-53(56-52)59(38-63-8)40-65-30-32-67-50-27-23-46(24-28-50)42(4)34-44(10-2)48-19-15-12-16-20-48;2*1-3-2/h11-28,41-44H,9-10,29-40H2,1-8H3;2*3H2,1-2H3. The van der Waals surface area contributed by atoms with Gasteiger partial charge in [-0.1, -0.05) is 153 Å². The summed E-state index contributed by atoms with van der Waals surface area (Å²) in [4.78, 5) is 19.7. The van der Waals surface area contributed by atoms with Gasteiger partial charge in [0.05, 0.1) is 13.2 Å². The highest BCUT2D eigenvalue weighted by Crippen LogP contribution is 2.34. The normalized spacial score (nSPS) is 12.5. The van der Waals surface area contributed by atoms with Crippen LogP contribution in [0.4, 0.5) is 17.8 Å². The molecular formula is C59H90N6O8. The van der Waals surface area contributed by atoms with E-state index in [1.165, 1.54) is 35.1 Å². The van der Waals surface area contributed by atoms with Crippen molar-refractivity contribution in [3.8, 4) is 11.5 Å². The van der Waals surface area contributed by atoms with Gasteiger partial charge in [0.15, 0.2) is 0 Å². The Morgan fingerprint density at radius 1 is 0.384 bits per heavy atom. The SMILES string of the molecule is CCC.CCC.CCC(CC(C)c1ccc(OCCOCN(COC)c2nc(N(COC)COC)nc(N(COC)COCCOc3ccc(C(C)CC(CC)c4ccccc4)cc3)n2)cc1)c1ccccc1. The zero-order valence-electron chi connectivity index (χ0n) is 46.5. The van der Waals surface area contributed by atoms with E-state index in [1.54, 1.807) is 43.1 Å². The molecule has 404 valence electrons. The lowest BCUT2D eigenvalue weighted by molar-refractivity contribution is 0.0796. The van der Waals surface area contributed by atoms with Crippen molar-refractivity contribution in [3.63, 3.8) is 0 Å². The monoisotopic (exact) mass is 1010 g/mol. The molecule has 5 aromatic rings. The number of ether oxygens (including phenoxy) is 8. The summed E-state index contributed by atoms with van der Waals surface area (Å²) < 4.78 is 46.4. The topological polar surface area (TPSA) is 122 Å². The Hall–Kier alpha value is -5.35. The van der Waals surface area contributed by atoms with Crippen LogP contribution in [-0.4, -0.2) is 110 Å². The first-order valence-corrected chi connectivity index (χ1v) is 26.3. The number of anilines is 3. The molecule has 0 aliphatic rings. The molecule has 5 rings (SSSR count). The molecule has 1 heterocycles. The first-order valence-electron chi connectivity index (χ1n) is 26.3. The van der Waals surface area contributed by atoms with Gasteiger partial charge in [-0.3, -0.25) is 14.7 Å². The predicted molar refractivity (Wildman–Crippen MR) is 297 cm³/mol. The molecule has 0 spiro atoms. The highest BCUT2D eigenvalue weighted by atomic mass is 16.5. The summed E-state index contributed by atoms with van der Waals surface area (Å²) in [6.07, 6.45) is 6.90. The molecule has 4 atom stereocenters. The zero-order valence-corrected chi connectivity index (χ0v) is 46.5. The minimum Gasteiger partial charge on any atom is -0.491 e. The second-order valence-corrected chi connectivity index (χ2v) is 18.2. The molecule has 0 aliphatic carbocycles. The van der Waals surface area contributed by atoms with Crippen molar-refractivity contribution >= 4 is 17.8 Å².